The molecule has 0 saturated carbocycles. The lowest BCUT2D eigenvalue weighted by molar-refractivity contribution is -0.143. The van der Waals surface area contributed by atoms with Gasteiger partial charge in [0.15, 0.2) is 0 Å². The number of benzene rings is 2. The minimum atomic E-state index is -1.99. The Labute approximate surface area is 372 Å². The smallest absolute Gasteiger partial charge is 0.326 e. The number of nitrogens with one attached hydrogen (secondary N) is 7. The van der Waals surface area contributed by atoms with E-state index in [1.165, 1.54) is 24.3 Å². The molecule has 64 heavy (non-hydrogen) atoms. The van der Waals surface area contributed by atoms with E-state index in [-0.39, 0.29) is 24.3 Å². The SMILES string of the molecule is CC(C)[C@H](NC(=O)[C@H](Cc1c[nH]c2ccccc12)NC(=O)[C@@H](NC(=O)[C@H](CC(=O)O)NC(=O)[C@H](CCC(N)=O)NC(=O)[C@H](Cc1ccc(O)cc1)NC(=O)[C@@H](N)CS)[C@@H](C)O)C(=O)O. The summed E-state index contributed by atoms with van der Waals surface area (Å²) in [6.07, 6.45) is -2.55. The normalized spacial score (nSPS) is 14.9. The van der Waals surface area contributed by atoms with Gasteiger partial charge in [-0.25, -0.2) is 4.79 Å². The maximum absolute atomic E-state index is 13.8. The summed E-state index contributed by atoms with van der Waals surface area (Å²) in [6, 6.07) is 1.67. The first kappa shape index (κ1) is 51.6. The Hall–Kier alpha value is -6.72. The van der Waals surface area contributed by atoms with E-state index in [0.29, 0.717) is 22.0 Å². The van der Waals surface area contributed by atoms with Crippen LogP contribution in [0, 0.1) is 5.92 Å². The van der Waals surface area contributed by atoms with Crippen LogP contribution in [0.3, 0.4) is 0 Å². The maximum Gasteiger partial charge on any atom is 0.326 e. The number of thiol groups is 1. The molecular weight excluding hydrogens is 859 g/mol. The van der Waals surface area contributed by atoms with Crippen LogP contribution in [0.2, 0.25) is 0 Å². The van der Waals surface area contributed by atoms with Gasteiger partial charge in [-0.1, -0.05) is 44.2 Å². The van der Waals surface area contributed by atoms with Crippen LogP contribution >= 0.6 is 12.6 Å². The molecule has 0 fully saturated rings. The Balaban J connectivity index is 1.89. The lowest BCUT2D eigenvalue weighted by atomic mass is 10.0. The zero-order chi connectivity index (χ0) is 47.8. The molecule has 0 bridgehead atoms. The van der Waals surface area contributed by atoms with E-state index >= 15 is 0 Å². The molecule has 0 aliphatic carbocycles. The quantitative estimate of drug-likeness (QED) is 0.0397. The van der Waals surface area contributed by atoms with Gasteiger partial charge >= 0.3 is 11.9 Å². The van der Waals surface area contributed by atoms with E-state index in [2.05, 4.69) is 49.5 Å². The van der Waals surface area contributed by atoms with Gasteiger partial charge in [-0.15, -0.1) is 0 Å². The van der Waals surface area contributed by atoms with E-state index in [9.17, 15) is 63.6 Å². The lowest BCUT2D eigenvalue weighted by Crippen LogP contribution is -2.62. The van der Waals surface area contributed by atoms with Crippen molar-refractivity contribution in [1.29, 1.82) is 0 Å². The Bertz CT molecular complexity index is 2170. The second-order valence-electron chi connectivity index (χ2n) is 15.4. The zero-order valence-corrected chi connectivity index (χ0v) is 36.1. The van der Waals surface area contributed by atoms with Gasteiger partial charge in [0, 0.05) is 42.1 Å². The van der Waals surface area contributed by atoms with Gasteiger partial charge in [-0.3, -0.25) is 38.4 Å². The summed E-state index contributed by atoms with van der Waals surface area (Å²) in [5, 5.41) is 54.6. The summed E-state index contributed by atoms with van der Waals surface area (Å²) in [4.78, 5) is 120. The minimum absolute atomic E-state index is 0.0831. The molecule has 0 spiro atoms. The van der Waals surface area contributed by atoms with Gasteiger partial charge in [0.2, 0.25) is 41.4 Å². The number of carboxylic acids is 2. The summed E-state index contributed by atoms with van der Waals surface area (Å²) in [7, 11) is 0. The van der Waals surface area contributed by atoms with Crippen LogP contribution in [0.4, 0.5) is 0 Å². The number of amides is 7. The van der Waals surface area contributed by atoms with E-state index in [0.717, 1.165) is 6.92 Å². The third-order valence-corrected chi connectivity index (χ3v) is 10.3. The minimum Gasteiger partial charge on any atom is -0.508 e. The highest BCUT2D eigenvalue weighted by Crippen LogP contribution is 2.20. The van der Waals surface area contributed by atoms with Crippen LogP contribution in [0.25, 0.3) is 10.9 Å². The number of hydrogen-bond acceptors (Lipinski definition) is 13. The van der Waals surface area contributed by atoms with E-state index in [1.807, 2.05) is 0 Å². The summed E-state index contributed by atoms with van der Waals surface area (Å²) < 4.78 is 0. The topological polar surface area (TPSA) is 375 Å². The number of phenolic OH excluding ortho intramolecular Hbond substituents is 1. The number of primary amides is 1. The summed E-state index contributed by atoms with van der Waals surface area (Å²) in [6.45, 7) is 4.22. The molecule has 2 aromatic carbocycles. The number of fused-ring (bicyclic) bond motifs is 1. The highest BCUT2D eigenvalue weighted by atomic mass is 32.1. The molecule has 23 heteroatoms. The van der Waals surface area contributed by atoms with Crippen molar-refractivity contribution >= 4 is 76.8 Å². The molecule has 0 radical (unpaired) electrons. The lowest BCUT2D eigenvalue weighted by Gasteiger charge is -2.28. The van der Waals surface area contributed by atoms with Crippen molar-refractivity contribution in [3.63, 3.8) is 0 Å². The van der Waals surface area contributed by atoms with Crippen molar-refractivity contribution in [3.8, 4) is 5.75 Å². The molecule has 0 saturated heterocycles. The Morgan fingerprint density at radius 2 is 1.22 bits per heavy atom. The van der Waals surface area contributed by atoms with E-state index in [1.54, 1.807) is 44.3 Å². The number of para-hydroxylation sites is 1. The van der Waals surface area contributed by atoms with Crippen LogP contribution in [-0.2, 0) is 56.0 Å². The maximum atomic E-state index is 13.8. The fourth-order valence-corrected chi connectivity index (χ4v) is 6.51. The predicted octanol–water partition coefficient (Wildman–Crippen LogP) is -2.31. The number of aromatic nitrogens is 1. The highest BCUT2D eigenvalue weighted by molar-refractivity contribution is 7.80. The molecule has 7 amide bonds. The van der Waals surface area contributed by atoms with Crippen molar-refractivity contribution in [2.24, 2.45) is 17.4 Å². The van der Waals surface area contributed by atoms with Crippen LogP contribution in [-0.4, -0.2) is 133 Å². The molecule has 3 aromatic rings. The number of carbonyl (C=O) groups is 9. The van der Waals surface area contributed by atoms with Gasteiger partial charge in [0.05, 0.1) is 18.6 Å². The number of aliphatic hydroxyl groups excluding tert-OH is 1. The average Bonchev–Trinajstić information content (AvgIpc) is 3.64. The second kappa shape index (κ2) is 24.2. The summed E-state index contributed by atoms with van der Waals surface area (Å²) >= 11 is 4.00. The molecule has 15 N–H and O–H groups in total. The third-order valence-electron chi connectivity index (χ3n) is 9.89. The van der Waals surface area contributed by atoms with Crippen molar-refractivity contribution in [2.45, 2.75) is 101 Å². The Kier molecular flexibility index (Phi) is 19.5. The fraction of sp³-hybridized carbons (Fsp3) is 0.439. The standard InChI is InChI=1S/C41H55N9O13S/c1-19(2)33(41(62)63)49-38(59)29(15-22-17-44-26-7-5-4-6-24(22)26)48-40(61)34(20(3)51)50-39(60)30(16-32(54)55)47-36(57)27(12-13-31(43)53)45-37(58)28(46-35(56)25(42)18-64)14-21-8-10-23(52)11-9-21/h4-11,17,19-20,25,27-30,33-34,44,51-52,64H,12-16,18,42H2,1-3H3,(H2,43,53)(H,45,58)(H,46,56)(H,47,57)(H,48,61)(H,49,59)(H,50,60)(H,54,55)(H,62,63)/t20-,25+,27+,28+,29+,30+,33+,34+/m1/s1. The third kappa shape index (κ3) is 15.6. The number of H-pyrrole nitrogens is 1. The van der Waals surface area contributed by atoms with Crippen LogP contribution in [0.1, 0.15) is 51.2 Å². The molecule has 348 valence electrons. The van der Waals surface area contributed by atoms with Crippen LogP contribution in [0.5, 0.6) is 5.75 Å². The van der Waals surface area contributed by atoms with Gasteiger partial charge < -0.3 is 68.8 Å². The number of rotatable bonds is 25. The number of nitrogens with two attached hydrogens (primary N) is 2. The monoisotopic (exact) mass is 913 g/mol. The molecular formula is C41H55N9O13S. The fourth-order valence-electron chi connectivity index (χ4n) is 6.34. The second-order valence-corrected chi connectivity index (χ2v) is 15.7. The molecule has 8 atom stereocenters. The molecule has 0 unspecified atom stereocenters. The number of aromatic hydroxyl groups is 1. The van der Waals surface area contributed by atoms with E-state index < -0.39 is 127 Å². The highest BCUT2D eigenvalue weighted by Gasteiger charge is 2.36. The largest absolute Gasteiger partial charge is 0.508 e. The van der Waals surface area contributed by atoms with Gasteiger partial charge in [0.25, 0.3) is 0 Å². The van der Waals surface area contributed by atoms with Gasteiger partial charge in [-0.05, 0) is 48.6 Å². The first-order valence-corrected chi connectivity index (χ1v) is 20.7. The number of carboxylic acid groups (broad SMARTS) is 2. The molecule has 3 rings (SSSR count). The Morgan fingerprint density at radius 1 is 0.688 bits per heavy atom. The summed E-state index contributed by atoms with van der Waals surface area (Å²) in [5.41, 5.74) is 12.8. The molecule has 22 nitrogen and oxygen atoms in total. The number of carbonyl (C=O) groups excluding carboxylic acids is 7. The van der Waals surface area contributed by atoms with E-state index in [4.69, 9.17) is 11.5 Å². The van der Waals surface area contributed by atoms with Gasteiger partial charge in [-0.2, -0.15) is 12.6 Å². The average molecular weight is 914 g/mol. The van der Waals surface area contributed by atoms with Crippen molar-refractivity contribution in [1.82, 2.24) is 36.9 Å². The molecule has 0 aliphatic heterocycles. The summed E-state index contributed by atoms with van der Waals surface area (Å²) in [5.74, 6) is -10.9. The van der Waals surface area contributed by atoms with Crippen molar-refractivity contribution in [2.75, 3.05) is 5.75 Å². The number of aromatic amines is 1. The van der Waals surface area contributed by atoms with Crippen molar-refractivity contribution in [3.05, 3.63) is 65.9 Å². The van der Waals surface area contributed by atoms with Gasteiger partial charge in [0.1, 0.15) is 42.0 Å². The number of aliphatic hydroxyl groups is 1. The zero-order valence-electron chi connectivity index (χ0n) is 35.2. The Morgan fingerprint density at radius 3 is 1.80 bits per heavy atom. The number of aliphatic carboxylic acids is 2. The molecule has 1 aromatic heterocycles. The van der Waals surface area contributed by atoms with Crippen LogP contribution < -0.4 is 43.4 Å². The predicted molar refractivity (Wildman–Crippen MR) is 232 cm³/mol. The van der Waals surface area contributed by atoms with Crippen LogP contribution in [0.15, 0.2) is 54.7 Å². The number of phenols is 1. The number of hydrogen-bond donors (Lipinski definition) is 14. The van der Waals surface area contributed by atoms with Crippen molar-refractivity contribution < 1.29 is 63.6 Å². The molecule has 1 heterocycles. The first-order valence-electron chi connectivity index (χ1n) is 20.0. The molecule has 0 aliphatic rings. The first-order chi connectivity index (χ1) is 30.1.